The summed E-state index contributed by atoms with van der Waals surface area (Å²) in [5.74, 6) is -1.04. The van der Waals surface area contributed by atoms with Crippen LogP contribution in [0.4, 0.5) is 17.1 Å². The maximum Gasteiger partial charge on any atom is 1.00 e. The predicted octanol–water partition coefficient (Wildman–Crippen LogP) is 3.85. The summed E-state index contributed by atoms with van der Waals surface area (Å²) in [6.45, 7) is 3.66. The zero-order valence-electron chi connectivity index (χ0n) is 21.0. The van der Waals surface area contributed by atoms with Gasteiger partial charge in [0, 0.05) is 17.0 Å². The van der Waals surface area contributed by atoms with E-state index >= 15 is 0 Å². The van der Waals surface area contributed by atoms with Gasteiger partial charge in [0.25, 0.3) is 16.0 Å². The average molecular weight is 596 g/mol. The van der Waals surface area contributed by atoms with Gasteiger partial charge in [-0.2, -0.15) is 13.5 Å². The van der Waals surface area contributed by atoms with Crippen molar-refractivity contribution in [2.24, 2.45) is 10.2 Å². The zero-order valence-corrected chi connectivity index (χ0v) is 25.4. The Morgan fingerprint density at radius 3 is 2.38 bits per heavy atom. The molecule has 0 fully saturated rings. The van der Waals surface area contributed by atoms with Crippen molar-refractivity contribution in [2.45, 2.75) is 18.7 Å². The van der Waals surface area contributed by atoms with E-state index in [1.165, 1.54) is 31.2 Å². The number of carbonyl (C=O) groups is 1. The predicted molar refractivity (Wildman–Crippen MR) is 144 cm³/mol. The number of nitrogens with zero attached hydrogens (tertiary/aromatic N) is 2. The van der Waals surface area contributed by atoms with E-state index in [-0.39, 0.29) is 67.8 Å². The number of anilines is 1. The van der Waals surface area contributed by atoms with Crippen LogP contribution in [0.1, 0.15) is 22.8 Å². The molecule has 4 aromatic carbocycles. The van der Waals surface area contributed by atoms with Gasteiger partial charge in [-0.05, 0) is 49.1 Å². The third-order valence-corrected chi connectivity index (χ3v) is 7.17. The molecule has 0 saturated carbocycles. The summed E-state index contributed by atoms with van der Waals surface area (Å²) in [6, 6.07) is 15.6. The fourth-order valence-corrected chi connectivity index (χ4v) is 5.08. The largest absolute Gasteiger partial charge is 1.00 e. The summed E-state index contributed by atoms with van der Waals surface area (Å²) in [5.41, 5.74) is -0.394. The van der Waals surface area contributed by atoms with Crippen molar-refractivity contribution < 1.29 is 57.2 Å². The van der Waals surface area contributed by atoms with Crippen LogP contribution in [0.15, 0.2) is 75.8 Å². The Morgan fingerprint density at radius 1 is 1.03 bits per heavy atom. The van der Waals surface area contributed by atoms with Crippen LogP contribution in [-0.4, -0.2) is 25.5 Å². The van der Waals surface area contributed by atoms with Gasteiger partial charge in [-0.3, -0.25) is 9.35 Å². The molecule has 196 valence electrons. The molecule has 0 atom stereocenters. The molecule has 4 aromatic rings. The van der Waals surface area contributed by atoms with E-state index in [1.807, 2.05) is 6.92 Å². The topological polar surface area (TPSA) is 140 Å². The molecule has 9 nitrogen and oxygen atoms in total. The van der Waals surface area contributed by atoms with Crippen LogP contribution >= 0.6 is 23.2 Å². The molecule has 0 aliphatic carbocycles. The first-order chi connectivity index (χ1) is 18.0. The Balaban J connectivity index is 0.00000420. The second-order valence-corrected chi connectivity index (χ2v) is 10.2. The molecule has 2 N–H and O–H groups in total. The van der Waals surface area contributed by atoms with E-state index in [0.717, 1.165) is 0 Å². The summed E-state index contributed by atoms with van der Waals surface area (Å²) in [4.78, 5) is 12.7. The number of ether oxygens (including phenoxy) is 1. The van der Waals surface area contributed by atoms with Crippen molar-refractivity contribution in [3.63, 3.8) is 0 Å². The van der Waals surface area contributed by atoms with Crippen LogP contribution in [-0.2, 0) is 10.1 Å². The summed E-state index contributed by atoms with van der Waals surface area (Å²) in [7, 11) is -4.71. The van der Waals surface area contributed by atoms with Crippen molar-refractivity contribution in [3.8, 4) is 11.5 Å². The third kappa shape index (κ3) is 6.72. The maximum atomic E-state index is 13.5. The second kappa shape index (κ2) is 12.6. The van der Waals surface area contributed by atoms with Gasteiger partial charge in [-0.1, -0.05) is 59.3 Å². The Morgan fingerprint density at radius 2 is 1.69 bits per heavy atom. The normalized spacial score (nSPS) is 11.4. The molecule has 4 rings (SSSR count). The molecular formula is C26H20Cl2N3NaO6S. The van der Waals surface area contributed by atoms with E-state index in [2.05, 4.69) is 15.5 Å². The number of hydrogen-bond acceptors (Lipinski definition) is 7. The molecule has 0 unspecified atom stereocenters. The molecule has 0 heterocycles. The Kier molecular flexibility index (Phi) is 10.0. The van der Waals surface area contributed by atoms with Gasteiger partial charge in [-0.25, -0.2) is 0 Å². The molecule has 0 aliphatic heterocycles. The van der Waals surface area contributed by atoms with Crippen molar-refractivity contribution >= 4 is 67.1 Å². The fraction of sp³-hybridized carbons (Fsp3) is 0.115. The number of azo groups is 1. The Labute approximate surface area is 256 Å². The van der Waals surface area contributed by atoms with Gasteiger partial charge in [-0.15, -0.1) is 5.11 Å². The quantitative estimate of drug-likeness (QED) is 0.189. The van der Waals surface area contributed by atoms with Gasteiger partial charge in [0.15, 0.2) is 0 Å². The Bertz CT molecular complexity index is 1710. The van der Waals surface area contributed by atoms with E-state index in [9.17, 15) is 22.9 Å². The summed E-state index contributed by atoms with van der Waals surface area (Å²) in [6.07, 6.45) is 0. The van der Waals surface area contributed by atoms with E-state index in [0.29, 0.717) is 23.1 Å². The number of halogens is 2. The summed E-state index contributed by atoms with van der Waals surface area (Å²) in [5, 5.41) is 25.0. The maximum absolute atomic E-state index is 13.5. The first-order valence-electron chi connectivity index (χ1n) is 11.2. The Hall–Kier alpha value is -2.70. The van der Waals surface area contributed by atoms with Crippen molar-refractivity contribution in [3.05, 3.63) is 81.8 Å². The van der Waals surface area contributed by atoms with Crippen LogP contribution in [0.5, 0.6) is 11.5 Å². The minimum atomic E-state index is -4.71. The van der Waals surface area contributed by atoms with E-state index in [4.69, 9.17) is 27.9 Å². The van der Waals surface area contributed by atoms with E-state index < -0.39 is 26.7 Å². The van der Waals surface area contributed by atoms with Crippen LogP contribution in [0, 0.1) is 6.92 Å². The van der Waals surface area contributed by atoms with Crippen molar-refractivity contribution in [2.75, 3.05) is 11.9 Å². The number of hydrogen-bond donors (Lipinski definition) is 2. The van der Waals surface area contributed by atoms with Gasteiger partial charge in [0.05, 0.1) is 28.0 Å². The second-order valence-electron chi connectivity index (χ2n) is 8.07. The minimum absolute atomic E-state index is 0. The molecule has 13 heteroatoms. The molecule has 0 radical (unpaired) electrons. The zero-order chi connectivity index (χ0) is 27.6. The fourth-order valence-electron chi connectivity index (χ4n) is 3.79. The molecule has 0 spiro atoms. The van der Waals surface area contributed by atoms with Crippen LogP contribution in [0.2, 0.25) is 10.0 Å². The molecule has 39 heavy (non-hydrogen) atoms. The van der Waals surface area contributed by atoms with Gasteiger partial charge in [0.1, 0.15) is 16.3 Å². The first-order valence-corrected chi connectivity index (χ1v) is 13.4. The number of rotatable bonds is 7. The SMILES string of the molecule is CCOc1ccc(Cl)c(NC(=O)c2cc3ccccc3c(N=Nc3c(Cl)ccc(C)c3S(=O)(=O)O)c2[O-])c1.[Na+]. The van der Waals surface area contributed by atoms with Crippen molar-refractivity contribution in [1.29, 1.82) is 0 Å². The molecule has 0 aromatic heterocycles. The molecule has 0 saturated heterocycles. The molecule has 0 bridgehead atoms. The van der Waals surface area contributed by atoms with Gasteiger partial charge < -0.3 is 15.2 Å². The average Bonchev–Trinajstić information content (AvgIpc) is 2.86. The summed E-state index contributed by atoms with van der Waals surface area (Å²) < 4.78 is 39.1. The molecular weight excluding hydrogens is 576 g/mol. The van der Waals surface area contributed by atoms with Crippen molar-refractivity contribution in [1.82, 2.24) is 0 Å². The van der Waals surface area contributed by atoms with Gasteiger partial charge >= 0.3 is 29.6 Å². The van der Waals surface area contributed by atoms with Crippen LogP contribution < -0.4 is 44.7 Å². The summed E-state index contributed by atoms with van der Waals surface area (Å²) >= 11 is 12.4. The number of benzene rings is 4. The number of carbonyl (C=O) groups excluding carboxylic acids is 1. The first kappa shape index (κ1) is 30.8. The van der Waals surface area contributed by atoms with E-state index in [1.54, 1.807) is 36.4 Å². The van der Waals surface area contributed by atoms with Crippen LogP contribution in [0.3, 0.4) is 0 Å². The number of aryl methyl sites for hydroxylation is 1. The number of fused-ring (bicyclic) bond motifs is 1. The monoisotopic (exact) mass is 595 g/mol. The molecule has 0 aliphatic rings. The number of amides is 1. The number of nitrogens with one attached hydrogen (secondary N) is 1. The van der Waals surface area contributed by atoms with Gasteiger partial charge in [0.2, 0.25) is 0 Å². The van der Waals surface area contributed by atoms with Crippen LogP contribution in [0.25, 0.3) is 10.8 Å². The smallest absolute Gasteiger partial charge is 0.870 e. The molecule has 1 amide bonds. The third-order valence-electron chi connectivity index (χ3n) is 5.50. The standard InChI is InChI=1S/C26H21Cl2N3O6S.Na/c1-3-37-16-9-11-19(27)21(13-16)29-26(33)18-12-15-6-4-5-7-17(15)22(24(18)32)30-31-23-20(28)10-8-14(2)25(23)38(34,35)36;/h4-13,32H,3H2,1-2H3,(H,29,33)(H,34,35,36);/q;+1/p-1. The minimum Gasteiger partial charge on any atom is -0.870 e.